The van der Waals surface area contributed by atoms with Crippen molar-refractivity contribution in [2.75, 3.05) is 6.61 Å². The molecule has 0 atom stereocenters. The Kier molecular flexibility index (Phi) is 4.07. The van der Waals surface area contributed by atoms with Crippen LogP contribution in [0.4, 0.5) is 8.78 Å². The van der Waals surface area contributed by atoms with E-state index in [4.69, 9.17) is 4.55 Å². The van der Waals surface area contributed by atoms with E-state index in [9.17, 15) is 17.2 Å². The molecule has 0 unspecified atom stereocenters. The second kappa shape index (κ2) is 4.80. The van der Waals surface area contributed by atoms with Gasteiger partial charge in [-0.15, -0.1) is 0 Å². The Morgan fingerprint density at radius 1 is 1.38 bits per heavy atom. The van der Waals surface area contributed by atoms with Gasteiger partial charge in [-0.25, -0.2) is 0 Å². The standard InChI is InChI=1S/C8H7F2IO4S/c9-8(10,16(12,13)14)5-15-7-4-2-1-3-6(7)11/h1-4H,5H2,(H,12,13,14). The zero-order chi connectivity index (χ0) is 12.4. The predicted molar refractivity (Wildman–Crippen MR) is 61.1 cm³/mol. The van der Waals surface area contributed by atoms with Gasteiger partial charge in [0.15, 0.2) is 6.61 Å². The maximum absolute atomic E-state index is 12.8. The average molecular weight is 364 g/mol. The van der Waals surface area contributed by atoms with Crippen molar-refractivity contribution in [2.24, 2.45) is 0 Å². The minimum Gasteiger partial charge on any atom is -0.485 e. The summed E-state index contributed by atoms with van der Waals surface area (Å²) in [6, 6.07) is 6.27. The summed E-state index contributed by atoms with van der Waals surface area (Å²) in [7, 11) is -5.45. The van der Waals surface area contributed by atoms with Gasteiger partial charge in [0.05, 0.1) is 3.57 Å². The number of hydrogen-bond donors (Lipinski definition) is 1. The highest BCUT2D eigenvalue weighted by atomic mass is 127. The molecule has 1 aromatic rings. The van der Waals surface area contributed by atoms with E-state index in [1.54, 1.807) is 18.2 Å². The van der Waals surface area contributed by atoms with Crippen LogP contribution in [-0.2, 0) is 10.1 Å². The van der Waals surface area contributed by atoms with E-state index in [1.807, 2.05) is 22.6 Å². The minimum absolute atomic E-state index is 0.131. The van der Waals surface area contributed by atoms with Crippen LogP contribution in [0.5, 0.6) is 5.75 Å². The van der Waals surface area contributed by atoms with Crippen LogP contribution < -0.4 is 4.74 Å². The number of para-hydroxylation sites is 1. The first-order chi connectivity index (χ1) is 7.24. The minimum atomic E-state index is -5.45. The third-order valence-electron chi connectivity index (χ3n) is 1.61. The quantitative estimate of drug-likeness (QED) is 0.657. The first-order valence-electron chi connectivity index (χ1n) is 3.96. The van der Waals surface area contributed by atoms with E-state index in [1.165, 1.54) is 6.07 Å². The lowest BCUT2D eigenvalue weighted by Gasteiger charge is -2.14. The monoisotopic (exact) mass is 364 g/mol. The molecule has 0 aliphatic carbocycles. The molecular weight excluding hydrogens is 357 g/mol. The summed E-state index contributed by atoms with van der Waals surface area (Å²) >= 11 is 1.85. The summed E-state index contributed by atoms with van der Waals surface area (Å²) in [6.07, 6.45) is 0. The lowest BCUT2D eigenvalue weighted by Crippen LogP contribution is -2.35. The van der Waals surface area contributed by atoms with Crippen molar-refractivity contribution in [1.29, 1.82) is 0 Å². The zero-order valence-corrected chi connectivity index (χ0v) is 10.7. The molecule has 0 saturated heterocycles. The fraction of sp³-hybridized carbons (Fsp3) is 0.250. The van der Waals surface area contributed by atoms with Gasteiger partial charge in [-0.2, -0.15) is 17.2 Å². The van der Waals surface area contributed by atoms with Gasteiger partial charge in [0, 0.05) is 0 Å². The lowest BCUT2D eigenvalue weighted by atomic mass is 10.3. The Balaban J connectivity index is 2.77. The first kappa shape index (κ1) is 13.6. The molecule has 0 fully saturated rings. The maximum atomic E-state index is 12.8. The third-order valence-corrected chi connectivity index (χ3v) is 3.37. The molecule has 0 aliphatic heterocycles. The zero-order valence-electron chi connectivity index (χ0n) is 7.73. The van der Waals surface area contributed by atoms with Crippen molar-refractivity contribution >= 4 is 32.7 Å². The molecule has 16 heavy (non-hydrogen) atoms. The SMILES string of the molecule is O=S(=O)(O)C(F)(F)COc1ccccc1I. The van der Waals surface area contributed by atoms with Crippen molar-refractivity contribution in [1.82, 2.24) is 0 Å². The molecule has 0 saturated carbocycles. The summed E-state index contributed by atoms with van der Waals surface area (Å²) < 4.78 is 59.6. The topological polar surface area (TPSA) is 63.6 Å². The Morgan fingerprint density at radius 3 is 2.44 bits per heavy atom. The maximum Gasteiger partial charge on any atom is 0.402 e. The van der Waals surface area contributed by atoms with Crippen molar-refractivity contribution in [3.63, 3.8) is 0 Å². The van der Waals surface area contributed by atoms with Gasteiger partial charge in [-0.1, -0.05) is 12.1 Å². The predicted octanol–water partition coefficient (Wildman–Crippen LogP) is 2.15. The fourth-order valence-corrected chi connectivity index (χ4v) is 1.55. The number of hydrogen-bond acceptors (Lipinski definition) is 3. The summed E-state index contributed by atoms with van der Waals surface area (Å²) in [5, 5.41) is -4.31. The van der Waals surface area contributed by atoms with Crippen molar-refractivity contribution in [3.8, 4) is 5.75 Å². The molecule has 8 heteroatoms. The van der Waals surface area contributed by atoms with Crippen LogP contribution in [0.15, 0.2) is 24.3 Å². The number of rotatable bonds is 4. The van der Waals surface area contributed by atoms with Crippen LogP contribution in [0.2, 0.25) is 0 Å². The van der Waals surface area contributed by atoms with Crippen molar-refractivity contribution < 1.29 is 26.5 Å². The van der Waals surface area contributed by atoms with Gasteiger partial charge < -0.3 is 4.74 Å². The highest BCUT2D eigenvalue weighted by Gasteiger charge is 2.45. The molecule has 90 valence electrons. The Labute approximate surface area is 104 Å². The summed E-state index contributed by atoms with van der Waals surface area (Å²) in [5.41, 5.74) is 0. The molecule has 0 aromatic heterocycles. The fourth-order valence-electron chi connectivity index (χ4n) is 0.798. The van der Waals surface area contributed by atoms with Crippen molar-refractivity contribution in [2.45, 2.75) is 5.25 Å². The molecule has 1 N–H and O–H groups in total. The second-order valence-electron chi connectivity index (χ2n) is 2.83. The Morgan fingerprint density at radius 2 is 1.94 bits per heavy atom. The molecule has 0 heterocycles. The van der Waals surface area contributed by atoms with Gasteiger partial charge >= 0.3 is 15.4 Å². The number of alkyl halides is 2. The van der Waals surface area contributed by atoms with Crippen LogP contribution in [0.25, 0.3) is 0 Å². The lowest BCUT2D eigenvalue weighted by molar-refractivity contribution is 0.0285. The van der Waals surface area contributed by atoms with E-state index < -0.39 is 22.0 Å². The molecule has 1 aromatic carbocycles. The summed E-state index contributed by atoms with van der Waals surface area (Å²) in [5.74, 6) is 0.131. The van der Waals surface area contributed by atoms with Crippen LogP contribution in [0.3, 0.4) is 0 Å². The summed E-state index contributed by atoms with van der Waals surface area (Å²) in [6.45, 7) is -1.42. The molecular formula is C8H7F2IO4S. The number of halogens is 3. The van der Waals surface area contributed by atoms with E-state index in [0.29, 0.717) is 3.57 Å². The van der Waals surface area contributed by atoms with Crippen LogP contribution in [0, 0.1) is 3.57 Å². The van der Waals surface area contributed by atoms with Gasteiger partial charge in [-0.05, 0) is 34.7 Å². The summed E-state index contributed by atoms with van der Waals surface area (Å²) in [4.78, 5) is 0. The van der Waals surface area contributed by atoms with Crippen molar-refractivity contribution in [3.05, 3.63) is 27.8 Å². The third kappa shape index (κ3) is 3.25. The van der Waals surface area contributed by atoms with Crippen LogP contribution >= 0.6 is 22.6 Å². The smallest absolute Gasteiger partial charge is 0.402 e. The van der Waals surface area contributed by atoms with E-state index in [2.05, 4.69) is 4.74 Å². The molecule has 0 bridgehead atoms. The number of ether oxygens (including phenoxy) is 1. The number of benzene rings is 1. The van der Waals surface area contributed by atoms with Gasteiger partial charge in [0.1, 0.15) is 5.75 Å². The Bertz CT molecular complexity index is 475. The second-order valence-corrected chi connectivity index (χ2v) is 5.54. The van der Waals surface area contributed by atoms with Crippen LogP contribution in [0.1, 0.15) is 0 Å². The highest BCUT2D eigenvalue weighted by molar-refractivity contribution is 14.1. The van der Waals surface area contributed by atoms with E-state index in [-0.39, 0.29) is 5.75 Å². The Hall–Kier alpha value is -0.480. The normalized spacial score (nSPS) is 12.5. The molecule has 0 amide bonds. The molecule has 1 rings (SSSR count). The largest absolute Gasteiger partial charge is 0.485 e. The van der Waals surface area contributed by atoms with Gasteiger partial charge in [0.2, 0.25) is 0 Å². The molecule has 0 aliphatic rings. The highest BCUT2D eigenvalue weighted by Crippen LogP contribution is 2.25. The van der Waals surface area contributed by atoms with E-state index in [0.717, 1.165) is 0 Å². The molecule has 4 nitrogen and oxygen atoms in total. The average Bonchev–Trinajstić information content (AvgIpc) is 2.15. The molecule has 0 spiro atoms. The van der Waals surface area contributed by atoms with Gasteiger partial charge in [0.25, 0.3) is 0 Å². The molecule has 0 radical (unpaired) electrons. The van der Waals surface area contributed by atoms with Crippen LogP contribution in [-0.4, -0.2) is 24.8 Å². The van der Waals surface area contributed by atoms with Gasteiger partial charge in [-0.3, -0.25) is 4.55 Å². The van der Waals surface area contributed by atoms with E-state index >= 15 is 0 Å². The first-order valence-corrected chi connectivity index (χ1v) is 6.48.